The van der Waals surface area contributed by atoms with Gasteiger partial charge >= 0.3 is 0 Å². The first kappa shape index (κ1) is 12.3. The molecule has 16 heavy (non-hydrogen) atoms. The Labute approximate surface area is 100.0 Å². The fraction of sp³-hybridized carbons (Fsp3) is 1.00. The lowest BCUT2D eigenvalue weighted by molar-refractivity contribution is 0.0296. The van der Waals surface area contributed by atoms with E-state index in [2.05, 4.69) is 30.7 Å². The Balaban J connectivity index is 1.96. The number of hydrogen-bond donors (Lipinski definition) is 1. The van der Waals surface area contributed by atoms with Crippen molar-refractivity contribution in [3.8, 4) is 0 Å². The first-order chi connectivity index (χ1) is 7.59. The minimum absolute atomic E-state index is 0.298. The third-order valence-corrected chi connectivity index (χ3v) is 4.68. The van der Waals surface area contributed by atoms with Crippen molar-refractivity contribution in [1.82, 2.24) is 9.80 Å². The van der Waals surface area contributed by atoms with E-state index in [1.165, 1.54) is 38.8 Å². The normalized spacial score (nSPS) is 26.6. The number of hydrogen-bond acceptors (Lipinski definition) is 3. The van der Waals surface area contributed by atoms with Gasteiger partial charge in [-0.3, -0.25) is 4.90 Å². The van der Waals surface area contributed by atoms with Gasteiger partial charge in [0.2, 0.25) is 0 Å². The van der Waals surface area contributed by atoms with Gasteiger partial charge in [0.25, 0.3) is 0 Å². The van der Waals surface area contributed by atoms with Gasteiger partial charge in [-0.25, -0.2) is 0 Å². The van der Waals surface area contributed by atoms with Crippen molar-refractivity contribution >= 4 is 0 Å². The standard InChI is InChI=1S/C13H27N3/c1-11(2)16-8-6-13(10-14,7-9-16)15(3)12-4-5-12/h11-12H,4-10,14H2,1-3H3. The fourth-order valence-electron chi connectivity index (χ4n) is 3.01. The van der Waals surface area contributed by atoms with Crippen LogP contribution in [0.4, 0.5) is 0 Å². The van der Waals surface area contributed by atoms with Gasteiger partial charge in [0, 0.05) is 37.3 Å². The van der Waals surface area contributed by atoms with Crippen LogP contribution in [-0.2, 0) is 0 Å². The van der Waals surface area contributed by atoms with Crippen molar-refractivity contribution in [2.75, 3.05) is 26.7 Å². The molecule has 3 nitrogen and oxygen atoms in total. The fourth-order valence-corrected chi connectivity index (χ4v) is 3.01. The van der Waals surface area contributed by atoms with Crippen molar-refractivity contribution in [2.24, 2.45) is 5.73 Å². The summed E-state index contributed by atoms with van der Waals surface area (Å²) in [5, 5.41) is 0. The molecule has 0 aromatic carbocycles. The molecule has 1 aliphatic carbocycles. The predicted molar refractivity (Wildman–Crippen MR) is 68.5 cm³/mol. The van der Waals surface area contributed by atoms with Gasteiger partial charge in [-0.1, -0.05) is 0 Å². The molecule has 0 unspecified atom stereocenters. The van der Waals surface area contributed by atoms with Crippen LogP contribution in [0.1, 0.15) is 39.5 Å². The van der Waals surface area contributed by atoms with Gasteiger partial charge in [0.05, 0.1) is 0 Å². The Hall–Kier alpha value is -0.120. The van der Waals surface area contributed by atoms with E-state index in [4.69, 9.17) is 5.73 Å². The van der Waals surface area contributed by atoms with Crippen molar-refractivity contribution in [3.63, 3.8) is 0 Å². The third-order valence-electron chi connectivity index (χ3n) is 4.68. The van der Waals surface area contributed by atoms with Gasteiger partial charge in [-0.2, -0.15) is 0 Å². The van der Waals surface area contributed by atoms with Crippen molar-refractivity contribution in [1.29, 1.82) is 0 Å². The van der Waals surface area contributed by atoms with Crippen molar-refractivity contribution in [3.05, 3.63) is 0 Å². The predicted octanol–water partition coefficient (Wildman–Crippen LogP) is 1.28. The summed E-state index contributed by atoms with van der Waals surface area (Å²) in [5.74, 6) is 0. The monoisotopic (exact) mass is 225 g/mol. The zero-order valence-corrected chi connectivity index (χ0v) is 11.1. The Morgan fingerprint density at radius 1 is 1.31 bits per heavy atom. The van der Waals surface area contributed by atoms with Gasteiger partial charge in [-0.15, -0.1) is 0 Å². The van der Waals surface area contributed by atoms with E-state index < -0.39 is 0 Å². The van der Waals surface area contributed by atoms with Gasteiger partial charge in [0.1, 0.15) is 0 Å². The molecule has 0 bridgehead atoms. The summed E-state index contributed by atoms with van der Waals surface area (Å²) in [6, 6.07) is 1.51. The highest BCUT2D eigenvalue weighted by Gasteiger charge is 2.43. The Morgan fingerprint density at radius 2 is 1.88 bits per heavy atom. The molecule has 2 aliphatic rings. The number of likely N-dealkylation sites (N-methyl/N-ethyl adjacent to an activating group) is 1. The summed E-state index contributed by atoms with van der Waals surface area (Å²) >= 11 is 0. The van der Waals surface area contributed by atoms with Crippen molar-refractivity contribution < 1.29 is 0 Å². The van der Waals surface area contributed by atoms with Gasteiger partial charge in [-0.05, 0) is 46.6 Å². The molecule has 1 aliphatic heterocycles. The molecular weight excluding hydrogens is 198 g/mol. The minimum Gasteiger partial charge on any atom is -0.329 e. The number of likely N-dealkylation sites (tertiary alicyclic amines) is 1. The summed E-state index contributed by atoms with van der Waals surface area (Å²) in [5.41, 5.74) is 6.36. The largest absolute Gasteiger partial charge is 0.329 e. The van der Waals surface area contributed by atoms with Crippen LogP contribution in [0, 0.1) is 0 Å². The highest BCUT2D eigenvalue weighted by molar-refractivity contribution is 5.00. The quantitative estimate of drug-likeness (QED) is 0.782. The summed E-state index contributed by atoms with van der Waals surface area (Å²) in [4.78, 5) is 5.17. The number of nitrogens with two attached hydrogens (primary N) is 1. The number of rotatable bonds is 4. The number of nitrogens with zero attached hydrogens (tertiary/aromatic N) is 2. The third kappa shape index (κ3) is 2.27. The lowest BCUT2D eigenvalue weighted by Crippen LogP contribution is -2.59. The van der Waals surface area contributed by atoms with E-state index in [1.807, 2.05) is 0 Å². The molecule has 0 atom stereocenters. The number of piperidine rings is 1. The molecule has 0 amide bonds. The van der Waals surface area contributed by atoms with Crippen LogP contribution in [0.3, 0.4) is 0 Å². The average Bonchev–Trinajstić information content (AvgIpc) is 3.12. The zero-order chi connectivity index (χ0) is 11.8. The lowest BCUT2D eigenvalue weighted by Gasteiger charge is -2.48. The van der Waals surface area contributed by atoms with Crippen LogP contribution in [0.15, 0.2) is 0 Å². The van der Waals surface area contributed by atoms with E-state index in [0.29, 0.717) is 11.6 Å². The van der Waals surface area contributed by atoms with Crippen LogP contribution in [0.25, 0.3) is 0 Å². The van der Waals surface area contributed by atoms with Crippen LogP contribution in [-0.4, -0.2) is 54.1 Å². The molecule has 2 rings (SSSR count). The molecule has 1 saturated heterocycles. The Kier molecular flexibility index (Phi) is 3.57. The summed E-state index contributed by atoms with van der Waals surface area (Å²) in [6.45, 7) is 7.84. The first-order valence-corrected chi connectivity index (χ1v) is 6.76. The minimum atomic E-state index is 0.298. The second-order valence-electron chi connectivity index (χ2n) is 5.90. The molecule has 0 spiro atoms. The molecule has 2 fully saturated rings. The molecule has 0 radical (unpaired) electrons. The van der Waals surface area contributed by atoms with Crippen LogP contribution >= 0.6 is 0 Å². The first-order valence-electron chi connectivity index (χ1n) is 6.76. The van der Waals surface area contributed by atoms with Crippen LogP contribution in [0.5, 0.6) is 0 Å². The molecule has 0 aromatic rings. The average molecular weight is 225 g/mol. The molecule has 2 N–H and O–H groups in total. The SMILES string of the molecule is CC(C)N1CCC(CN)(N(C)C2CC2)CC1. The second-order valence-corrected chi connectivity index (χ2v) is 5.90. The molecule has 1 heterocycles. The van der Waals surface area contributed by atoms with E-state index >= 15 is 0 Å². The Bertz CT molecular complexity index is 227. The topological polar surface area (TPSA) is 32.5 Å². The molecule has 0 aromatic heterocycles. The van der Waals surface area contributed by atoms with Crippen molar-refractivity contribution in [2.45, 2.75) is 57.2 Å². The van der Waals surface area contributed by atoms with E-state index in [1.54, 1.807) is 0 Å². The van der Waals surface area contributed by atoms with E-state index in [0.717, 1.165) is 12.6 Å². The summed E-state index contributed by atoms with van der Waals surface area (Å²) in [7, 11) is 2.29. The van der Waals surface area contributed by atoms with E-state index in [-0.39, 0.29) is 0 Å². The smallest absolute Gasteiger partial charge is 0.0355 e. The second kappa shape index (κ2) is 4.63. The highest BCUT2D eigenvalue weighted by Crippen LogP contribution is 2.36. The highest BCUT2D eigenvalue weighted by atomic mass is 15.3. The maximum atomic E-state index is 6.07. The Morgan fingerprint density at radius 3 is 2.25 bits per heavy atom. The maximum absolute atomic E-state index is 6.07. The lowest BCUT2D eigenvalue weighted by atomic mass is 9.85. The summed E-state index contributed by atoms with van der Waals surface area (Å²) in [6.07, 6.45) is 5.25. The summed E-state index contributed by atoms with van der Waals surface area (Å²) < 4.78 is 0. The molecular formula is C13H27N3. The van der Waals surface area contributed by atoms with Crippen LogP contribution in [0.2, 0.25) is 0 Å². The maximum Gasteiger partial charge on any atom is 0.0355 e. The van der Waals surface area contributed by atoms with Gasteiger partial charge < -0.3 is 10.6 Å². The zero-order valence-electron chi connectivity index (χ0n) is 11.1. The van der Waals surface area contributed by atoms with Crippen LogP contribution < -0.4 is 5.73 Å². The van der Waals surface area contributed by atoms with Gasteiger partial charge in [0.15, 0.2) is 0 Å². The molecule has 3 heteroatoms. The molecule has 94 valence electrons. The molecule has 1 saturated carbocycles. The van der Waals surface area contributed by atoms with E-state index in [9.17, 15) is 0 Å².